The maximum Gasteiger partial charge on any atom is 0.0499 e. The van der Waals surface area contributed by atoms with Gasteiger partial charge in [0.1, 0.15) is 0 Å². The Morgan fingerprint density at radius 2 is 2.07 bits per heavy atom. The van der Waals surface area contributed by atoms with Gasteiger partial charge in [-0.25, -0.2) is 0 Å². The van der Waals surface area contributed by atoms with Gasteiger partial charge in [0.25, 0.3) is 0 Å². The van der Waals surface area contributed by atoms with Crippen molar-refractivity contribution < 1.29 is 5.11 Å². The van der Waals surface area contributed by atoms with E-state index in [1.165, 1.54) is 36.0 Å². The summed E-state index contributed by atoms with van der Waals surface area (Å²) in [4.78, 5) is 0. The van der Waals surface area contributed by atoms with Crippen molar-refractivity contribution >= 4 is 0 Å². The number of benzene rings is 1. The van der Waals surface area contributed by atoms with Crippen LogP contribution in [0.3, 0.4) is 0 Å². The molecule has 1 aliphatic carbocycles. The lowest BCUT2D eigenvalue weighted by molar-refractivity contribution is 0.258. The van der Waals surface area contributed by atoms with Crippen LogP contribution in [-0.2, 0) is 12.8 Å². The summed E-state index contributed by atoms with van der Waals surface area (Å²) < 4.78 is 0. The minimum absolute atomic E-state index is 0.284. The molecule has 1 nitrogen and oxygen atoms in total. The first-order chi connectivity index (χ1) is 7.35. The number of hydrogen-bond acceptors (Lipinski definition) is 1. The van der Waals surface area contributed by atoms with E-state index in [1.54, 1.807) is 0 Å². The van der Waals surface area contributed by atoms with Gasteiger partial charge in [0.2, 0.25) is 0 Å². The van der Waals surface area contributed by atoms with Crippen LogP contribution in [0, 0.1) is 0 Å². The highest BCUT2D eigenvalue weighted by molar-refractivity contribution is 5.36. The number of aliphatic hydroxyl groups excluding tert-OH is 1. The third-order valence-corrected chi connectivity index (χ3v) is 3.45. The van der Waals surface area contributed by atoms with E-state index in [-0.39, 0.29) is 6.61 Å². The first-order valence-corrected chi connectivity index (χ1v) is 6.07. The van der Waals surface area contributed by atoms with Gasteiger partial charge in [-0.05, 0) is 42.4 Å². The average molecular weight is 204 g/mol. The van der Waals surface area contributed by atoms with Gasteiger partial charge in [0.15, 0.2) is 0 Å². The van der Waals surface area contributed by atoms with Crippen molar-refractivity contribution in [3.8, 4) is 0 Å². The van der Waals surface area contributed by atoms with Crippen LogP contribution < -0.4 is 0 Å². The number of aliphatic hydroxyl groups is 1. The van der Waals surface area contributed by atoms with E-state index in [0.29, 0.717) is 5.92 Å². The Morgan fingerprint density at radius 1 is 1.27 bits per heavy atom. The Hall–Kier alpha value is -0.820. The molecule has 1 N–H and O–H groups in total. The molecule has 0 aromatic heterocycles. The highest BCUT2D eigenvalue weighted by Crippen LogP contribution is 2.27. The fraction of sp³-hybridized carbons (Fsp3) is 0.571. The highest BCUT2D eigenvalue weighted by atomic mass is 16.3. The summed E-state index contributed by atoms with van der Waals surface area (Å²) in [6, 6.07) is 6.79. The molecule has 2 rings (SSSR count). The predicted octanol–water partition coefficient (Wildman–Crippen LogP) is 3.05. The summed E-state index contributed by atoms with van der Waals surface area (Å²) in [7, 11) is 0. The third-order valence-electron chi connectivity index (χ3n) is 3.45. The van der Waals surface area contributed by atoms with Gasteiger partial charge in [0.05, 0.1) is 0 Å². The fourth-order valence-electron chi connectivity index (χ4n) is 2.56. The van der Waals surface area contributed by atoms with E-state index in [9.17, 15) is 5.11 Å². The molecule has 0 fully saturated rings. The monoisotopic (exact) mass is 204 g/mol. The Kier molecular flexibility index (Phi) is 3.42. The van der Waals surface area contributed by atoms with Crippen molar-refractivity contribution in [1.29, 1.82) is 0 Å². The normalized spacial score (nSPS) is 16.4. The lowest BCUT2D eigenvalue weighted by Crippen LogP contribution is -2.04. The maximum absolute atomic E-state index is 9.36. The molecule has 1 atom stereocenters. The molecule has 0 bridgehead atoms. The first kappa shape index (κ1) is 10.7. The van der Waals surface area contributed by atoms with Gasteiger partial charge in [0, 0.05) is 12.5 Å². The van der Waals surface area contributed by atoms with Crippen LogP contribution in [0.15, 0.2) is 18.2 Å². The van der Waals surface area contributed by atoms with Crippen molar-refractivity contribution in [3.63, 3.8) is 0 Å². The molecule has 15 heavy (non-hydrogen) atoms. The van der Waals surface area contributed by atoms with E-state index in [2.05, 4.69) is 25.1 Å². The molecule has 82 valence electrons. The topological polar surface area (TPSA) is 20.2 Å². The van der Waals surface area contributed by atoms with Crippen LogP contribution in [-0.4, -0.2) is 11.7 Å². The highest BCUT2D eigenvalue weighted by Gasteiger charge is 2.14. The number of rotatable bonds is 4. The van der Waals surface area contributed by atoms with Crippen molar-refractivity contribution in [1.82, 2.24) is 0 Å². The molecule has 1 unspecified atom stereocenters. The van der Waals surface area contributed by atoms with E-state index >= 15 is 0 Å². The number of fused-ring (bicyclic) bond motifs is 1. The van der Waals surface area contributed by atoms with Gasteiger partial charge in [-0.1, -0.05) is 31.5 Å². The zero-order valence-electron chi connectivity index (χ0n) is 9.50. The van der Waals surface area contributed by atoms with Crippen LogP contribution in [0.5, 0.6) is 0 Å². The molecule has 0 saturated heterocycles. The van der Waals surface area contributed by atoms with E-state index in [1.807, 2.05) is 0 Å². The number of hydrogen-bond donors (Lipinski definition) is 1. The van der Waals surface area contributed by atoms with Gasteiger partial charge in [-0.15, -0.1) is 0 Å². The molecule has 1 aromatic carbocycles. The van der Waals surface area contributed by atoms with Crippen molar-refractivity contribution in [2.24, 2.45) is 0 Å². The lowest BCUT2D eigenvalue weighted by Gasteiger charge is -2.14. The second-order valence-electron chi connectivity index (χ2n) is 4.55. The second-order valence-corrected chi connectivity index (χ2v) is 4.55. The van der Waals surface area contributed by atoms with Crippen LogP contribution in [0.1, 0.15) is 48.8 Å². The second kappa shape index (κ2) is 4.80. The van der Waals surface area contributed by atoms with Gasteiger partial charge < -0.3 is 5.11 Å². The van der Waals surface area contributed by atoms with Crippen LogP contribution in [0.2, 0.25) is 0 Å². The Labute approximate surface area is 92.1 Å². The quantitative estimate of drug-likeness (QED) is 0.799. The first-order valence-electron chi connectivity index (χ1n) is 6.07. The largest absolute Gasteiger partial charge is 0.396 e. The zero-order valence-corrected chi connectivity index (χ0v) is 9.50. The molecule has 1 aliphatic rings. The Balaban J connectivity index is 2.20. The Bertz CT molecular complexity index is 330. The molecule has 1 aromatic rings. The smallest absolute Gasteiger partial charge is 0.0499 e. The molecule has 0 aliphatic heterocycles. The molecular weight excluding hydrogens is 184 g/mol. The Morgan fingerprint density at radius 3 is 2.80 bits per heavy atom. The standard InChI is InChI=1S/C14H20O/c1-2-4-14(10-15)13-8-7-11-5-3-6-12(11)9-13/h7-9,14-15H,2-6,10H2,1H3. The average Bonchev–Trinajstić information content (AvgIpc) is 2.72. The minimum atomic E-state index is 0.284. The third kappa shape index (κ3) is 2.23. The van der Waals surface area contributed by atoms with E-state index in [4.69, 9.17) is 0 Å². The van der Waals surface area contributed by atoms with Gasteiger partial charge in [-0.3, -0.25) is 0 Å². The minimum Gasteiger partial charge on any atom is -0.396 e. The fourth-order valence-corrected chi connectivity index (χ4v) is 2.56. The predicted molar refractivity (Wildman–Crippen MR) is 63.2 cm³/mol. The number of aryl methyl sites for hydroxylation is 2. The summed E-state index contributed by atoms with van der Waals surface area (Å²) in [5.74, 6) is 0.348. The molecule has 0 spiro atoms. The summed E-state index contributed by atoms with van der Waals surface area (Å²) in [5.41, 5.74) is 4.37. The summed E-state index contributed by atoms with van der Waals surface area (Å²) in [5, 5.41) is 9.36. The SMILES string of the molecule is CCCC(CO)c1ccc2c(c1)CCC2. The van der Waals surface area contributed by atoms with E-state index in [0.717, 1.165) is 12.8 Å². The van der Waals surface area contributed by atoms with Crippen molar-refractivity contribution in [3.05, 3.63) is 34.9 Å². The summed E-state index contributed by atoms with van der Waals surface area (Å²) in [6.07, 6.45) is 6.01. The summed E-state index contributed by atoms with van der Waals surface area (Å²) in [6.45, 7) is 2.46. The molecule has 1 heteroatoms. The van der Waals surface area contributed by atoms with Crippen LogP contribution in [0.4, 0.5) is 0 Å². The molecule has 0 heterocycles. The molecule has 0 saturated carbocycles. The van der Waals surface area contributed by atoms with Gasteiger partial charge in [-0.2, -0.15) is 0 Å². The lowest BCUT2D eigenvalue weighted by atomic mass is 9.93. The maximum atomic E-state index is 9.36. The molecule has 0 amide bonds. The van der Waals surface area contributed by atoms with Crippen molar-refractivity contribution in [2.45, 2.75) is 44.9 Å². The molecular formula is C14H20O. The van der Waals surface area contributed by atoms with Crippen LogP contribution >= 0.6 is 0 Å². The molecule has 0 radical (unpaired) electrons. The van der Waals surface area contributed by atoms with Gasteiger partial charge >= 0.3 is 0 Å². The van der Waals surface area contributed by atoms with E-state index < -0.39 is 0 Å². The zero-order chi connectivity index (χ0) is 10.7. The summed E-state index contributed by atoms with van der Waals surface area (Å²) >= 11 is 0. The van der Waals surface area contributed by atoms with Crippen molar-refractivity contribution in [2.75, 3.05) is 6.61 Å². The van der Waals surface area contributed by atoms with Crippen LogP contribution in [0.25, 0.3) is 0 Å².